The Labute approximate surface area is 196 Å². The molecular formula is C23H30N4O5S. The molecule has 9 nitrogen and oxygen atoms in total. The highest BCUT2D eigenvalue weighted by atomic mass is 32.2. The van der Waals surface area contributed by atoms with Gasteiger partial charge in [0.25, 0.3) is 5.91 Å². The van der Waals surface area contributed by atoms with Gasteiger partial charge in [-0.05, 0) is 50.8 Å². The highest BCUT2D eigenvalue weighted by molar-refractivity contribution is 7.79. The first-order valence-electron chi connectivity index (χ1n) is 10.7. The van der Waals surface area contributed by atoms with Gasteiger partial charge in [-0.1, -0.05) is 0 Å². The number of allylic oxidation sites excluding steroid dienone is 3. The third-order valence-corrected chi connectivity index (χ3v) is 6.06. The van der Waals surface area contributed by atoms with Crippen LogP contribution in [0.2, 0.25) is 0 Å². The van der Waals surface area contributed by atoms with Crippen molar-refractivity contribution in [3.63, 3.8) is 0 Å². The first-order chi connectivity index (χ1) is 15.8. The molecule has 178 valence electrons. The van der Waals surface area contributed by atoms with Crippen LogP contribution in [-0.4, -0.2) is 57.7 Å². The fraction of sp³-hybridized carbons (Fsp3) is 0.435. The monoisotopic (exact) mass is 474 g/mol. The molecule has 1 aromatic heterocycles. The molecule has 2 amide bonds. The third kappa shape index (κ3) is 6.52. The summed E-state index contributed by atoms with van der Waals surface area (Å²) in [4.78, 5) is 24.9. The largest absolute Gasteiger partial charge is 0.496 e. The fourth-order valence-electron chi connectivity index (χ4n) is 3.85. The molecule has 2 aromatic rings. The topological polar surface area (TPSA) is 103 Å². The van der Waals surface area contributed by atoms with Crippen molar-refractivity contribution in [2.75, 3.05) is 20.4 Å². The lowest BCUT2D eigenvalue weighted by molar-refractivity contribution is -0.114. The van der Waals surface area contributed by atoms with Gasteiger partial charge in [0.15, 0.2) is 11.1 Å². The van der Waals surface area contributed by atoms with E-state index in [0.717, 1.165) is 36.6 Å². The predicted molar refractivity (Wildman–Crippen MR) is 127 cm³/mol. The lowest BCUT2D eigenvalue weighted by Crippen LogP contribution is -2.24. The molecule has 1 fully saturated rings. The standard InChI is InChI=1S/C23H30N4O5S/c1-16(6-5-11-26(2)15-28)24-23(29)20-12-17-14-27(25-21(17)13-22(20)31-3)18-7-9-19(10-8-18)32-33(4)30/h5-6,11-15,18-19H,7-10H2,1-4H3,(H,24,29)/b11-5-,16-6+/t18-,19+,33?. The molecule has 1 N–H and O–H groups in total. The number of carbonyl (C=O) groups is 2. The minimum atomic E-state index is -1.25. The van der Waals surface area contributed by atoms with Crippen LogP contribution in [0.4, 0.5) is 0 Å². The van der Waals surface area contributed by atoms with Crippen LogP contribution < -0.4 is 10.1 Å². The van der Waals surface area contributed by atoms with Crippen molar-refractivity contribution >= 4 is 34.3 Å². The Bertz CT molecular complexity index is 1090. The number of methoxy groups -OCH3 is 1. The molecule has 1 unspecified atom stereocenters. The lowest BCUT2D eigenvalue weighted by Gasteiger charge is -2.27. The van der Waals surface area contributed by atoms with E-state index in [1.54, 1.807) is 50.7 Å². The van der Waals surface area contributed by atoms with Gasteiger partial charge in [-0.25, -0.2) is 4.21 Å². The number of amides is 2. The second-order valence-corrected chi connectivity index (χ2v) is 9.06. The van der Waals surface area contributed by atoms with Crippen LogP contribution in [0.5, 0.6) is 5.75 Å². The number of ether oxygens (including phenoxy) is 1. The van der Waals surface area contributed by atoms with Gasteiger partial charge in [-0.3, -0.25) is 18.5 Å². The number of carbonyl (C=O) groups excluding carboxylic acids is 2. The van der Waals surface area contributed by atoms with Gasteiger partial charge in [-0.15, -0.1) is 0 Å². The average molecular weight is 475 g/mol. The molecule has 1 atom stereocenters. The van der Waals surface area contributed by atoms with Crippen molar-refractivity contribution in [2.45, 2.75) is 44.8 Å². The Morgan fingerprint density at radius 3 is 2.67 bits per heavy atom. The Balaban J connectivity index is 1.75. The van der Waals surface area contributed by atoms with E-state index < -0.39 is 11.1 Å². The molecule has 10 heteroatoms. The second-order valence-electron chi connectivity index (χ2n) is 8.06. The van der Waals surface area contributed by atoms with Crippen LogP contribution in [-0.2, 0) is 20.1 Å². The van der Waals surface area contributed by atoms with Gasteiger partial charge in [0, 0.05) is 42.8 Å². The summed E-state index contributed by atoms with van der Waals surface area (Å²) in [6, 6.07) is 3.78. The maximum absolute atomic E-state index is 12.9. The van der Waals surface area contributed by atoms with E-state index in [4.69, 9.17) is 14.0 Å². The second kappa shape index (κ2) is 11.2. The van der Waals surface area contributed by atoms with Crippen molar-refractivity contribution in [1.82, 2.24) is 20.0 Å². The molecule has 0 saturated heterocycles. The van der Waals surface area contributed by atoms with Crippen LogP contribution >= 0.6 is 0 Å². The quantitative estimate of drug-likeness (QED) is 0.443. The maximum Gasteiger partial charge on any atom is 0.259 e. The smallest absolute Gasteiger partial charge is 0.259 e. The number of benzene rings is 1. The van der Waals surface area contributed by atoms with E-state index in [-0.39, 0.29) is 18.1 Å². The lowest BCUT2D eigenvalue weighted by atomic mass is 9.93. The number of nitrogens with one attached hydrogen (secondary N) is 1. The van der Waals surface area contributed by atoms with Crippen LogP contribution in [0.3, 0.4) is 0 Å². The summed E-state index contributed by atoms with van der Waals surface area (Å²) in [5.74, 6) is 0.148. The minimum absolute atomic E-state index is 0.0254. The van der Waals surface area contributed by atoms with Crippen molar-refractivity contribution in [3.05, 3.63) is 47.9 Å². The van der Waals surface area contributed by atoms with E-state index >= 15 is 0 Å². The molecular weight excluding hydrogens is 444 g/mol. The molecule has 0 bridgehead atoms. The third-order valence-electron chi connectivity index (χ3n) is 5.52. The zero-order chi connectivity index (χ0) is 24.0. The maximum atomic E-state index is 12.9. The van der Waals surface area contributed by atoms with Gasteiger partial charge in [0.05, 0.1) is 30.3 Å². The number of hydrogen-bond acceptors (Lipinski definition) is 6. The Kier molecular flexibility index (Phi) is 8.40. The van der Waals surface area contributed by atoms with E-state index in [1.807, 2.05) is 10.9 Å². The summed E-state index contributed by atoms with van der Waals surface area (Å²) in [6.07, 6.45) is 12.6. The summed E-state index contributed by atoms with van der Waals surface area (Å²) in [6.45, 7) is 1.76. The predicted octanol–water partition coefficient (Wildman–Crippen LogP) is 3.07. The van der Waals surface area contributed by atoms with Gasteiger partial charge >= 0.3 is 0 Å². The van der Waals surface area contributed by atoms with E-state index in [0.29, 0.717) is 23.4 Å². The molecule has 0 radical (unpaired) electrons. The number of fused-ring (bicyclic) bond motifs is 1. The Morgan fingerprint density at radius 1 is 1.30 bits per heavy atom. The summed E-state index contributed by atoms with van der Waals surface area (Å²) in [5.41, 5.74) is 1.79. The van der Waals surface area contributed by atoms with Gasteiger partial charge in [0.1, 0.15) is 5.75 Å². The molecule has 0 aliphatic heterocycles. The molecule has 1 saturated carbocycles. The summed E-state index contributed by atoms with van der Waals surface area (Å²) in [7, 11) is 3.15. The molecule has 1 aromatic carbocycles. The van der Waals surface area contributed by atoms with E-state index in [1.165, 1.54) is 12.0 Å². The summed E-state index contributed by atoms with van der Waals surface area (Å²) >= 11 is -1.25. The van der Waals surface area contributed by atoms with E-state index in [9.17, 15) is 13.8 Å². The van der Waals surface area contributed by atoms with Gasteiger partial charge in [-0.2, -0.15) is 5.10 Å². The van der Waals surface area contributed by atoms with Crippen LogP contribution in [0.15, 0.2) is 42.4 Å². The van der Waals surface area contributed by atoms with Crippen molar-refractivity contribution in [2.24, 2.45) is 0 Å². The highest BCUT2D eigenvalue weighted by Gasteiger charge is 2.25. The number of nitrogens with zero attached hydrogens (tertiary/aromatic N) is 3. The molecule has 1 aliphatic rings. The SMILES string of the molecule is COc1cc2nn([C@H]3CC[C@@H](OS(C)=O)CC3)cc2cc1C(=O)N/C(C)=C/C=C\N(C)C=O. The van der Waals surface area contributed by atoms with Crippen molar-refractivity contribution in [3.8, 4) is 5.75 Å². The van der Waals surface area contributed by atoms with Crippen molar-refractivity contribution in [1.29, 1.82) is 0 Å². The Hall–Kier alpha value is -2.98. The Morgan fingerprint density at radius 2 is 2.03 bits per heavy atom. The number of rotatable bonds is 9. The zero-order valence-corrected chi connectivity index (χ0v) is 20.1. The normalized spacial score (nSPS) is 20.1. The zero-order valence-electron chi connectivity index (χ0n) is 19.3. The molecule has 1 heterocycles. The van der Waals surface area contributed by atoms with Gasteiger partial charge < -0.3 is 15.0 Å². The van der Waals surface area contributed by atoms with Crippen LogP contribution in [0, 0.1) is 0 Å². The van der Waals surface area contributed by atoms with E-state index in [2.05, 4.69) is 5.32 Å². The first-order valence-corrected chi connectivity index (χ1v) is 12.2. The van der Waals surface area contributed by atoms with Crippen molar-refractivity contribution < 1.29 is 22.7 Å². The summed E-state index contributed by atoms with van der Waals surface area (Å²) < 4.78 is 24.1. The average Bonchev–Trinajstić information content (AvgIpc) is 3.21. The summed E-state index contributed by atoms with van der Waals surface area (Å²) in [5, 5.41) is 8.39. The molecule has 33 heavy (non-hydrogen) atoms. The number of aromatic nitrogens is 2. The van der Waals surface area contributed by atoms with Crippen LogP contribution in [0.25, 0.3) is 10.9 Å². The van der Waals surface area contributed by atoms with Crippen LogP contribution in [0.1, 0.15) is 49.0 Å². The molecule has 3 rings (SSSR count). The van der Waals surface area contributed by atoms with Gasteiger partial charge in [0.2, 0.25) is 6.41 Å². The molecule has 0 spiro atoms. The number of hydrogen-bond donors (Lipinski definition) is 1. The highest BCUT2D eigenvalue weighted by Crippen LogP contribution is 2.32. The first kappa shape index (κ1) is 24.7. The fourth-order valence-corrected chi connectivity index (χ4v) is 4.42. The minimum Gasteiger partial charge on any atom is -0.496 e. The molecule has 1 aliphatic carbocycles.